The van der Waals surface area contributed by atoms with E-state index in [9.17, 15) is 0 Å². The SMILES string of the molecule is Cc1ccc(C)c(C(C)NC2CCN(C(C)(C)C)CC2)c1. The molecule has 2 rings (SSSR count). The van der Waals surface area contributed by atoms with Gasteiger partial charge in [0, 0.05) is 30.7 Å². The van der Waals surface area contributed by atoms with E-state index in [1.165, 1.54) is 42.6 Å². The molecule has 1 heterocycles. The normalized spacial score (nSPS) is 19.7. The summed E-state index contributed by atoms with van der Waals surface area (Å²) in [5.41, 5.74) is 4.51. The summed E-state index contributed by atoms with van der Waals surface area (Å²) in [7, 11) is 0. The van der Waals surface area contributed by atoms with E-state index in [-0.39, 0.29) is 0 Å². The van der Waals surface area contributed by atoms with Gasteiger partial charge < -0.3 is 5.32 Å². The Morgan fingerprint density at radius 3 is 2.33 bits per heavy atom. The Morgan fingerprint density at radius 1 is 1.14 bits per heavy atom. The van der Waals surface area contributed by atoms with Crippen LogP contribution in [0.3, 0.4) is 0 Å². The van der Waals surface area contributed by atoms with Crippen molar-refractivity contribution in [2.45, 2.75) is 72.0 Å². The van der Waals surface area contributed by atoms with Crippen LogP contribution in [0.4, 0.5) is 0 Å². The van der Waals surface area contributed by atoms with Crippen LogP contribution in [0, 0.1) is 13.8 Å². The molecule has 21 heavy (non-hydrogen) atoms. The standard InChI is InChI=1S/C19H32N2/c1-14-7-8-15(2)18(13-14)16(3)20-17-9-11-21(12-10-17)19(4,5)6/h7-8,13,16-17,20H,9-12H2,1-6H3. The molecule has 1 atom stereocenters. The van der Waals surface area contributed by atoms with E-state index in [1.807, 2.05) is 0 Å². The number of piperidine rings is 1. The first-order valence-corrected chi connectivity index (χ1v) is 8.35. The van der Waals surface area contributed by atoms with Crippen molar-refractivity contribution < 1.29 is 0 Å². The molecular weight excluding hydrogens is 256 g/mol. The lowest BCUT2D eigenvalue weighted by atomic mass is 9.95. The number of benzene rings is 1. The Hall–Kier alpha value is -0.860. The fraction of sp³-hybridized carbons (Fsp3) is 0.684. The molecule has 0 amide bonds. The van der Waals surface area contributed by atoms with Crippen LogP contribution in [0.5, 0.6) is 0 Å². The van der Waals surface area contributed by atoms with Gasteiger partial charge in [0.15, 0.2) is 0 Å². The molecule has 0 aliphatic carbocycles. The maximum Gasteiger partial charge on any atom is 0.0297 e. The number of likely N-dealkylation sites (tertiary alicyclic amines) is 1. The Morgan fingerprint density at radius 2 is 1.76 bits per heavy atom. The van der Waals surface area contributed by atoms with Crippen molar-refractivity contribution in [1.82, 2.24) is 10.2 Å². The zero-order chi connectivity index (χ0) is 15.6. The number of hydrogen-bond acceptors (Lipinski definition) is 2. The van der Waals surface area contributed by atoms with E-state index in [0.717, 1.165) is 0 Å². The first-order valence-electron chi connectivity index (χ1n) is 8.35. The maximum atomic E-state index is 3.85. The van der Waals surface area contributed by atoms with Crippen LogP contribution in [0.1, 0.15) is 63.3 Å². The number of nitrogens with zero attached hydrogens (tertiary/aromatic N) is 1. The van der Waals surface area contributed by atoms with Crippen molar-refractivity contribution >= 4 is 0 Å². The minimum absolute atomic E-state index is 0.309. The zero-order valence-corrected chi connectivity index (χ0v) is 14.7. The molecule has 1 aliphatic heterocycles. The Kier molecular flexibility index (Phi) is 5.11. The Balaban J connectivity index is 1.93. The highest BCUT2D eigenvalue weighted by molar-refractivity contribution is 5.32. The summed E-state index contributed by atoms with van der Waals surface area (Å²) < 4.78 is 0. The van der Waals surface area contributed by atoms with Crippen LogP contribution >= 0.6 is 0 Å². The minimum Gasteiger partial charge on any atom is -0.307 e. The molecule has 1 unspecified atom stereocenters. The van der Waals surface area contributed by atoms with Gasteiger partial charge in [0.1, 0.15) is 0 Å². The highest BCUT2D eigenvalue weighted by Gasteiger charge is 2.27. The summed E-state index contributed by atoms with van der Waals surface area (Å²) in [5.74, 6) is 0. The zero-order valence-electron chi connectivity index (χ0n) is 14.7. The molecule has 1 saturated heterocycles. The maximum absolute atomic E-state index is 3.85. The van der Waals surface area contributed by atoms with Gasteiger partial charge in [-0.2, -0.15) is 0 Å². The van der Waals surface area contributed by atoms with E-state index in [0.29, 0.717) is 17.6 Å². The second-order valence-corrected chi connectivity index (χ2v) is 7.68. The molecule has 1 fully saturated rings. The molecule has 118 valence electrons. The van der Waals surface area contributed by atoms with Gasteiger partial charge in [0.05, 0.1) is 0 Å². The van der Waals surface area contributed by atoms with E-state index in [4.69, 9.17) is 0 Å². The van der Waals surface area contributed by atoms with E-state index in [1.54, 1.807) is 0 Å². The van der Waals surface area contributed by atoms with Gasteiger partial charge in [-0.25, -0.2) is 0 Å². The molecule has 0 radical (unpaired) electrons. The predicted molar refractivity (Wildman–Crippen MR) is 91.8 cm³/mol. The van der Waals surface area contributed by atoms with Crippen LogP contribution in [-0.4, -0.2) is 29.6 Å². The van der Waals surface area contributed by atoms with E-state index < -0.39 is 0 Å². The molecule has 1 N–H and O–H groups in total. The Labute approximate surface area is 130 Å². The van der Waals surface area contributed by atoms with E-state index in [2.05, 4.69) is 70.0 Å². The van der Waals surface area contributed by atoms with Gasteiger partial charge in [-0.05, 0) is 65.5 Å². The summed E-state index contributed by atoms with van der Waals surface area (Å²) in [4.78, 5) is 2.60. The van der Waals surface area contributed by atoms with Crippen molar-refractivity contribution in [2.24, 2.45) is 0 Å². The Bertz CT molecular complexity index is 465. The average Bonchev–Trinajstić information content (AvgIpc) is 2.41. The molecule has 0 aromatic heterocycles. The highest BCUT2D eigenvalue weighted by atomic mass is 15.2. The number of hydrogen-bond donors (Lipinski definition) is 1. The lowest BCUT2D eigenvalue weighted by molar-refractivity contribution is 0.0942. The third-order valence-corrected chi connectivity index (χ3v) is 4.83. The fourth-order valence-electron chi connectivity index (χ4n) is 3.39. The number of aryl methyl sites for hydroxylation is 2. The molecule has 0 spiro atoms. The van der Waals surface area contributed by atoms with Gasteiger partial charge in [-0.15, -0.1) is 0 Å². The van der Waals surface area contributed by atoms with Crippen LogP contribution in [0.25, 0.3) is 0 Å². The lowest BCUT2D eigenvalue weighted by Crippen LogP contribution is -2.50. The molecule has 2 nitrogen and oxygen atoms in total. The van der Waals surface area contributed by atoms with Crippen molar-refractivity contribution in [2.75, 3.05) is 13.1 Å². The van der Waals surface area contributed by atoms with Crippen LogP contribution < -0.4 is 5.32 Å². The van der Waals surface area contributed by atoms with Gasteiger partial charge in [-0.3, -0.25) is 4.90 Å². The topological polar surface area (TPSA) is 15.3 Å². The summed E-state index contributed by atoms with van der Waals surface area (Å²) >= 11 is 0. The molecule has 1 aromatic carbocycles. The summed E-state index contributed by atoms with van der Waals surface area (Å²) in [5, 5.41) is 3.85. The average molecular weight is 288 g/mol. The number of nitrogens with one attached hydrogen (secondary N) is 1. The predicted octanol–water partition coefficient (Wildman–Crippen LogP) is 4.22. The quantitative estimate of drug-likeness (QED) is 0.896. The van der Waals surface area contributed by atoms with Crippen LogP contribution in [0.2, 0.25) is 0 Å². The van der Waals surface area contributed by atoms with Crippen LogP contribution in [-0.2, 0) is 0 Å². The summed E-state index contributed by atoms with van der Waals surface area (Å²) in [6.07, 6.45) is 2.51. The molecule has 2 heteroatoms. The van der Waals surface area contributed by atoms with Crippen molar-refractivity contribution in [3.8, 4) is 0 Å². The summed E-state index contributed by atoms with van der Waals surface area (Å²) in [6.45, 7) is 16.1. The lowest BCUT2D eigenvalue weighted by Gasteiger charge is -2.41. The van der Waals surface area contributed by atoms with Crippen LogP contribution in [0.15, 0.2) is 18.2 Å². The van der Waals surface area contributed by atoms with E-state index >= 15 is 0 Å². The molecule has 0 bridgehead atoms. The second-order valence-electron chi connectivity index (χ2n) is 7.68. The van der Waals surface area contributed by atoms with Gasteiger partial charge in [0.2, 0.25) is 0 Å². The molecule has 1 aromatic rings. The number of rotatable bonds is 3. The van der Waals surface area contributed by atoms with Gasteiger partial charge in [0.25, 0.3) is 0 Å². The van der Waals surface area contributed by atoms with Gasteiger partial charge in [-0.1, -0.05) is 23.8 Å². The first kappa shape index (κ1) is 16.5. The van der Waals surface area contributed by atoms with Crippen molar-refractivity contribution in [1.29, 1.82) is 0 Å². The van der Waals surface area contributed by atoms with Crippen molar-refractivity contribution in [3.63, 3.8) is 0 Å². The summed E-state index contributed by atoms with van der Waals surface area (Å²) in [6, 6.07) is 7.87. The molecule has 0 saturated carbocycles. The molecular formula is C19H32N2. The van der Waals surface area contributed by atoms with Gasteiger partial charge >= 0.3 is 0 Å². The van der Waals surface area contributed by atoms with Crippen molar-refractivity contribution in [3.05, 3.63) is 34.9 Å². The monoisotopic (exact) mass is 288 g/mol. The smallest absolute Gasteiger partial charge is 0.0297 e. The highest BCUT2D eigenvalue weighted by Crippen LogP contribution is 2.24. The second kappa shape index (κ2) is 6.50. The first-order chi connectivity index (χ1) is 9.77. The minimum atomic E-state index is 0.309. The third kappa shape index (κ3) is 4.31. The fourth-order valence-corrected chi connectivity index (χ4v) is 3.39. The molecule has 1 aliphatic rings. The third-order valence-electron chi connectivity index (χ3n) is 4.83. The largest absolute Gasteiger partial charge is 0.307 e.